The monoisotopic (exact) mass is 436 g/mol. The van der Waals surface area contributed by atoms with Crippen molar-refractivity contribution in [2.75, 3.05) is 40.9 Å². The molecule has 0 aliphatic carbocycles. The standard InChI is InChI=1S/C22H29FN2O4S/c1-24(14-12-17-10-11-20(28-2)21(15-17)29-3)18-7-6-13-25(16-18)30(26,27)22-9-5-4-8-19(22)23/h4-5,8-11,15,18H,6-7,12-14,16H2,1-3H3/t18-/m1/s1. The minimum absolute atomic E-state index is 0.0837. The second-order valence-corrected chi connectivity index (χ2v) is 9.42. The maximum Gasteiger partial charge on any atom is 0.246 e. The van der Waals surface area contributed by atoms with E-state index in [4.69, 9.17) is 9.47 Å². The van der Waals surface area contributed by atoms with Crippen LogP contribution < -0.4 is 9.47 Å². The van der Waals surface area contributed by atoms with Gasteiger partial charge in [-0.15, -0.1) is 0 Å². The van der Waals surface area contributed by atoms with E-state index in [0.29, 0.717) is 24.6 Å². The molecule has 0 spiro atoms. The number of likely N-dealkylation sites (N-methyl/N-ethyl adjacent to an activating group) is 1. The summed E-state index contributed by atoms with van der Waals surface area (Å²) in [6.45, 7) is 1.55. The van der Waals surface area contributed by atoms with Crippen LogP contribution in [0.4, 0.5) is 4.39 Å². The lowest BCUT2D eigenvalue weighted by Gasteiger charge is -2.37. The van der Waals surface area contributed by atoms with E-state index in [1.165, 1.54) is 22.5 Å². The number of hydrogen-bond donors (Lipinski definition) is 0. The first-order valence-corrected chi connectivity index (χ1v) is 11.5. The van der Waals surface area contributed by atoms with Gasteiger partial charge in [-0.3, -0.25) is 0 Å². The van der Waals surface area contributed by atoms with Crippen molar-refractivity contribution < 1.29 is 22.3 Å². The summed E-state index contributed by atoms with van der Waals surface area (Å²) in [4.78, 5) is 1.93. The van der Waals surface area contributed by atoms with Crippen LogP contribution in [0.5, 0.6) is 11.5 Å². The van der Waals surface area contributed by atoms with Gasteiger partial charge in [0, 0.05) is 25.7 Å². The largest absolute Gasteiger partial charge is 0.493 e. The quantitative estimate of drug-likeness (QED) is 0.636. The molecular formula is C22H29FN2O4S. The molecule has 0 saturated carbocycles. The molecule has 1 saturated heterocycles. The van der Waals surface area contributed by atoms with Gasteiger partial charge in [-0.25, -0.2) is 12.8 Å². The number of hydrogen-bond acceptors (Lipinski definition) is 5. The molecule has 1 aliphatic rings. The number of sulfonamides is 1. The van der Waals surface area contributed by atoms with E-state index < -0.39 is 15.8 Å². The van der Waals surface area contributed by atoms with Gasteiger partial charge in [0.25, 0.3) is 0 Å². The van der Waals surface area contributed by atoms with Gasteiger partial charge >= 0.3 is 0 Å². The first-order chi connectivity index (χ1) is 14.4. The second-order valence-electron chi connectivity index (χ2n) is 7.51. The highest BCUT2D eigenvalue weighted by Gasteiger charge is 2.33. The lowest BCUT2D eigenvalue weighted by atomic mass is 10.1. The number of rotatable bonds is 8. The van der Waals surface area contributed by atoms with Gasteiger partial charge in [0.1, 0.15) is 10.7 Å². The molecule has 6 nitrogen and oxygen atoms in total. The summed E-state index contributed by atoms with van der Waals surface area (Å²) in [5, 5.41) is 0. The van der Waals surface area contributed by atoms with Crippen molar-refractivity contribution in [1.82, 2.24) is 9.21 Å². The highest BCUT2D eigenvalue weighted by atomic mass is 32.2. The Morgan fingerprint density at radius 2 is 1.87 bits per heavy atom. The Labute approximate surface area is 178 Å². The number of benzene rings is 2. The summed E-state index contributed by atoms with van der Waals surface area (Å²) in [6, 6.07) is 11.5. The fraction of sp³-hybridized carbons (Fsp3) is 0.455. The Kier molecular flexibility index (Phi) is 7.33. The van der Waals surface area contributed by atoms with E-state index in [1.807, 2.05) is 25.2 Å². The topological polar surface area (TPSA) is 59.1 Å². The Morgan fingerprint density at radius 3 is 2.57 bits per heavy atom. The Balaban J connectivity index is 1.65. The summed E-state index contributed by atoms with van der Waals surface area (Å²) >= 11 is 0. The van der Waals surface area contributed by atoms with Crippen molar-refractivity contribution in [3.63, 3.8) is 0 Å². The van der Waals surface area contributed by atoms with Gasteiger partial charge < -0.3 is 14.4 Å². The molecule has 0 unspecified atom stereocenters. The molecule has 1 aliphatic heterocycles. The van der Waals surface area contributed by atoms with Gasteiger partial charge in [-0.05, 0) is 56.1 Å². The molecule has 1 atom stereocenters. The first-order valence-electron chi connectivity index (χ1n) is 10.0. The molecule has 30 heavy (non-hydrogen) atoms. The average molecular weight is 437 g/mol. The molecule has 0 aromatic heterocycles. The van der Waals surface area contributed by atoms with Crippen LogP contribution in [0.3, 0.4) is 0 Å². The fourth-order valence-electron chi connectivity index (χ4n) is 3.82. The smallest absolute Gasteiger partial charge is 0.246 e. The van der Waals surface area contributed by atoms with E-state index >= 15 is 0 Å². The van der Waals surface area contributed by atoms with Crippen LogP contribution >= 0.6 is 0 Å². The number of methoxy groups -OCH3 is 2. The maximum absolute atomic E-state index is 14.1. The summed E-state index contributed by atoms with van der Waals surface area (Å²) in [5.74, 6) is 0.676. The van der Waals surface area contributed by atoms with Crippen LogP contribution in [-0.4, -0.2) is 64.6 Å². The molecule has 0 N–H and O–H groups in total. The van der Waals surface area contributed by atoms with Crippen molar-refractivity contribution >= 4 is 10.0 Å². The SMILES string of the molecule is COc1ccc(CCN(C)[C@@H]2CCCN(S(=O)(=O)c3ccccc3F)C2)cc1OC. The van der Waals surface area contributed by atoms with Crippen LogP contribution in [0.1, 0.15) is 18.4 Å². The lowest BCUT2D eigenvalue weighted by Crippen LogP contribution is -2.49. The number of piperidine rings is 1. The molecule has 0 amide bonds. The Bertz CT molecular complexity index is 967. The van der Waals surface area contributed by atoms with Crippen molar-refractivity contribution in [1.29, 1.82) is 0 Å². The predicted molar refractivity (Wildman–Crippen MR) is 114 cm³/mol. The van der Waals surface area contributed by atoms with Crippen molar-refractivity contribution in [3.05, 3.63) is 53.8 Å². The third-order valence-corrected chi connectivity index (χ3v) is 7.54. The second kappa shape index (κ2) is 9.76. The molecule has 2 aromatic carbocycles. The minimum atomic E-state index is -3.84. The third-order valence-electron chi connectivity index (χ3n) is 5.64. The van der Waals surface area contributed by atoms with Crippen LogP contribution in [0.15, 0.2) is 47.4 Å². The predicted octanol–water partition coefficient (Wildman–Crippen LogP) is 3.17. The van der Waals surface area contributed by atoms with E-state index in [9.17, 15) is 12.8 Å². The molecule has 2 aromatic rings. The van der Waals surface area contributed by atoms with Crippen molar-refractivity contribution in [3.8, 4) is 11.5 Å². The summed E-state index contributed by atoms with van der Waals surface area (Å²) in [7, 11) is 1.38. The molecule has 0 radical (unpaired) electrons. The third kappa shape index (κ3) is 4.94. The fourth-order valence-corrected chi connectivity index (χ4v) is 5.40. The Morgan fingerprint density at radius 1 is 1.13 bits per heavy atom. The van der Waals surface area contributed by atoms with E-state index in [1.54, 1.807) is 20.3 Å². The minimum Gasteiger partial charge on any atom is -0.493 e. The van der Waals surface area contributed by atoms with Gasteiger partial charge in [0.15, 0.2) is 11.5 Å². The van der Waals surface area contributed by atoms with Crippen LogP contribution in [-0.2, 0) is 16.4 Å². The van der Waals surface area contributed by atoms with Gasteiger partial charge in [0.05, 0.1) is 14.2 Å². The van der Waals surface area contributed by atoms with E-state index in [0.717, 1.165) is 31.4 Å². The number of nitrogens with zero attached hydrogens (tertiary/aromatic N) is 2. The molecule has 1 heterocycles. The van der Waals surface area contributed by atoms with Gasteiger partial charge in [-0.2, -0.15) is 4.31 Å². The van der Waals surface area contributed by atoms with Gasteiger partial charge in [-0.1, -0.05) is 18.2 Å². The first kappa shape index (κ1) is 22.5. The average Bonchev–Trinajstić information content (AvgIpc) is 2.77. The lowest BCUT2D eigenvalue weighted by molar-refractivity contribution is 0.164. The Hall–Kier alpha value is -2.16. The highest BCUT2D eigenvalue weighted by Crippen LogP contribution is 2.28. The highest BCUT2D eigenvalue weighted by molar-refractivity contribution is 7.89. The molecule has 0 bridgehead atoms. The summed E-state index contributed by atoms with van der Waals surface area (Å²) < 4.78 is 52.0. The zero-order valence-corrected chi connectivity index (χ0v) is 18.5. The zero-order chi connectivity index (χ0) is 21.7. The van der Waals surface area contributed by atoms with E-state index in [2.05, 4.69) is 4.90 Å². The summed E-state index contributed by atoms with van der Waals surface area (Å²) in [6.07, 6.45) is 2.46. The van der Waals surface area contributed by atoms with Gasteiger partial charge in [0.2, 0.25) is 10.0 Å². The normalized spacial score (nSPS) is 17.8. The zero-order valence-electron chi connectivity index (χ0n) is 17.7. The van der Waals surface area contributed by atoms with Crippen LogP contribution in [0.2, 0.25) is 0 Å². The molecule has 1 fully saturated rings. The molecule has 8 heteroatoms. The maximum atomic E-state index is 14.1. The number of ether oxygens (including phenoxy) is 2. The van der Waals surface area contributed by atoms with E-state index in [-0.39, 0.29) is 10.9 Å². The van der Waals surface area contributed by atoms with Crippen molar-refractivity contribution in [2.45, 2.75) is 30.2 Å². The van der Waals surface area contributed by atoms with Crippen LogP contribution in [0.25, 0.3) is 0 Å². The van der Waals surface area contributed by atoms with Crippen molar-refractivity contribution in [2.24, 2.45) is 0 Å². The summed E-state index contributed by atoms with van der Waals surface area (Å²) in [5.41, 5.74) is 1.12. The number of halogens is 1. The molecule has 3 rings (SSSR count). The molecular weight excluding hydrogens is 407 g/mol. The molecule has 164 valence electrons. The van der Waals surface area contributed by atoms with Crippen LogP contribution in [0, 0.1) is 5.82 Å².